The Kier molecular flexibility index (Phi) is 6.17. The lowest BCUT2D eigenvalue weighted by Gasteiger charge is -2.14. The Morgan fingerprint density at radius 2 is 2.04 bits per heavy atom. The summed E-state index contributed by atoms with van der Waals surface area (Å²) in [4.78, 5) is 24.3. The van der Waals surface area contributed by atoms with Crippen LogP contribution in [0.5, 0.6) is 5.75 Å². The first-order chi connectivity index (χ1) is 11.1. The van der Waals surface area contributed by atoms with Crippen molar-refractivity contribution in [3.63, 3.8) is 0 Å². The second-order valence-electron chi connectivity index (χ2n) is 5.85. The van der Waals surface area contributed by atoms with Crippen LogP contribution in [0.3, 0.4) is 0 Å². The summed E-state index contributed by atoms with van der Waals surface area (Å²) in [6.07, 6.45) is 3.70. The van der Waals surface area contributed by atoms with Crippen LogP contribution in [0.4, 0.5) is 4.79 Å². The summed E-state index contributed by atoms with van der Waals surface area (Å²) in [6.45, 7) is 5.02. The number of ether oxygens (including phenoxy) is 1. The highest BCUT2D eigenvalue weighted by molar-refractivity contribution is 5.94. The van der Waals surface area contributed by atoms with Crippen LogP contribution in [-0.4, -0.2) is 38.2 Å². The number of rotatable bonds is 8. The highest BCUT2D eigenvalue weighted by Gasteiger charge is 2.24. The number of carbonyl (C=O) groups excluding carboxylic acids is 2. The van der Waals surface area contributed by atoms with Gasteiger partial charge in [-0.15, -0.1) is 0 Å². The molecule has 3 amide bonds. The van der Waals surface area contributed by atoms with E-state index in [0.29, 0.717) is 13.2 Å². The Bertz CT molecular complexity index is 553. The zero-order valence-corrected chi connectivity index (χ0v) is 13.4. The number of hydrogen-bond acceptors (Lipinski definition) is 3. The fourth-order valence-electron chi connectivity index (χ4n) is 2.16. The first-order valence-electron chi connectivity index (χ1n) is 7.81. The highest BCUT2D eigenvalue weighted by Crippen LogP contribution is 2.18. The van der Waals surface area contributed by atoms with Crippen LogP contribution in [0.25, 0.3) is 0 Å². The number of nitrogens with one attached hydrogen (secondary N) is 3. The lowest BCUT2D eigenvalue weighted by Crippen LogP contribution is -3.09. The van der Waals surface area contributed by atoms with E-state index in [1.807, 2.05) is 31.3 Å². The van der Waals surface area contributed by atoms with Gasteiger partial charge in [-0.2, -0.15) is 0 Å². The Hall–Kier alpha value is -2.34. The van der Waals surface area contributed by atoms with Gasteiger partial charge in [-0.05, 0) is 37.1 Å². The van der Waals surface area contributed by atoms with E-state index in [1.165, 1.54) is 0 Å². The van der Waals surface area contributed by atoms with Crippen LogP contribution in [-0.2, 0) is 11.3 Å². The van der Waals surface area contributed by atoms with Crippen LogP contribution in [0.1, 0.15) is 18.4 Å². The van der Waals surface area contributed by atoms with Crippen molar-refractivity contribution in [1.82, 2.24) is 10.6 Å². The third-order valence-electron chi connectivity index (χ3n) is 3.42. The fraction of sp³-hybridized carbons (Fsp3) is 0.412. The summed E-state index contributed by atoms with van der Waals surface area (Å²) in [6, 6.07) is 7.59. The summed E-state index contributed by atoms with van der Waals surface area (Å²) in [5, 5.41) is 5.09. The first kappa shape index (κ1) is 17.0. The van der Waals surface area contributed by atoms with Crippen LogP contribution >= 0.6 is 0 Å². The van der Waals surface area contributed by atoms with E-state index < -0.39 is 6.03 Å². The molecule has 6 heteroatoms. The van der Waals surface area contributed by atoms with E-state index in [9.17, 15) is 9.59 Å². The van der Waals surface area contributed by atoms with E-state index >= 15 is 0 Å². The van der Waals surface area contributed by atoms with Gasteiger partial charge in [0.25, 0.3) is 5.91 Å². The molecule has 6 nitrogen and oxygen atoms in total. The Labute approximate surface area is 136 Å². The van der Waals surface area contributed by atoms with E-state index in [-0.39, 0.29) is 18.5 Å². The van der Waals surface area contributed by atoms with Crippen LogP contribution in [0, 0.1) is 0 Å². The molecule has 1 atom stereocenters. The molecule has 1 aliphatic rings. The van der Waals surface area contributed by atoms with Crippen LogP contribution in [0.15, 0.2) is 36.9 Å². The SMILES string of the molecule is C=CCOc1ccc(C[NH+](C)CC(=O)NC(=O)NC2CC2)cc1. The fourth-order valence-corrected chi connectivity index (χ4v) is 2.16. The summed E-state index contributed by atoms with van der Waals surface area (Å²) >= 11 is 0. The van der Waals surface area contributed by atoms with Gasteiger partial charge in [0.15, 0.2) is 6.54 Å². The quantitative estimate of drug-likeness (QED) is 0.602. The zero-order valence-electron chi connectivity index (χ0n) is 13.4. The number of amides is 3. The summed E-state index contributed by atoms with van der Waals surface area (Å²) in [5.74, 6) is 0.521. The molecule has 1 saturated carbocycles. The predicted molar refractivity (Wildman–Crippen MR) is 87.3 cm³/mol. The molecule has 0 bridgehead atoms. The van der Waals surface area contributed by atoms with Gasteiger partial charge in [0.1, 0.15) is 18.9 Å². The van der Waals surface area contributed by atoms with E-state index in [2.05, 4.69) is 17.2 Å². The molecular formula is C17H24N3O3+. The van der Waals surface area contributed by atoms with E-state index in [1.54, 1.807) is 6.08 Å². The molecule has 1 fully saturated rings. The molecule has 1 unspecified atom stereocenters. The minimum Gasteiger partial charge on any atom is -0.490 e. The number of hydrogen-bond donors (Lipinski definition) is 3. The van der Waals surface area contributed by atoms with Gasteiger partial charge in [0.2, 0.25) is 0 Å². The van der Waals surface area contributed by atoms with Crippen molar-refractivity contribution in [2.75, 3.05) is 20.2 Å². The average Bonchev–Trinajstić information content (AvgIpc) is 3.29. The summed E-state index contributed by atoms with van der Waals surface area (Å²) < 4.78 is 5.43. The van der Waals surface area contributed by atoms with Crippen molar-refractivity contribution in [3.05, 3.63) is 42.5 Å². The van der Waals surface area contributed by atoms with Crippen LogP contribution in [0.2, 0.25) is 0 Å². The predicted octanol–water partition coefficient (Wildman–Crippen LogP) is 0.254. The molecule has 1 aromatic carbocycles. The van der Waals surface area contributed by atoms with Gasteiger partial charge < -0.3 is 15.0 Å². The highest BCUT2D eigenvalue weighted by atomic mass is 16.5. The van der Waals surface area contributed by atoms with Gasteiger partial charge in [-0.25, -0.2) is 4.79 Å². The molecule has 3 N–H and O–H groups in total. The minimum atomic E-state index is -0.394. The Morgan fingerprint density at radius 1 is 1.35 bits per heavy atom. The molecular weight excluding hydrogens is 294 g/mol. The van der Waals surface area contributed by atoms with Gasteiger partial charge in [0.05, 0.1) is 7.05 Å². The molecule has 0 radical (unpaired) electrons. The van der Waals surface area contributed by atoms with Gasteiger partial charge in [-0.3, -0.25) is 10.1 Å². The Morgan fingerprint density at radius 3 is 2.65 bits per heavy atom. The third-order valence-corrected chi connectivity index (χ3v) is 3.42. The lowest BCUT2D eigenvalue weighted by atomic mass is 10.2. The average molecular weight is 318 g/mol. The topological polar surface area (TPSA) is 71.9 Å². The number of urea groups is 1. The van der Waals surface area contributed by atoms with Crippen molar-refractivity contribution in [1.29, 1.82) is 0 Å². The second-order valence-corrected chi connectivity index (χ2v) is 5.85. The molecule has 0 spiro atoms. The first-order valence-corrected chi connectivity index (χ1v) is 7.81. The van der Waals surface area contributed by atoms with E-state index in [0.717, 1.165) is 29.1 Å². The number of imide groups is 1. The largest absolute Gasteiger partial charge is 0.490 e. The molecule has 1 aliphatic carbocycles. The van der Waals surface area contributed by atoms with Crippen molar-refractivity contribution in [2.24, 2.45) is 0 Å². The van der Waals surface area contributed by atoms with Gasteiger partial charge in [-0.1, -0.05) is 12.7 Å². The van der Waals surface area contributed by atoms with Crippen molar-refractivity contribution in [3.8, 4) is 5.75 Å². The molecule has 2 rings (SSSR count). The molecule has 0 heterocycles. The normalized spacial score (nSPS) is 14.7. The molecule has 1 aromatic rings. The van der Waals surface area contributed by atoms with E-state index in [4.69, 9.17) is 4.74 Å². The third kappa shape index (κ3) is 6.52. The smallest absolute Gasteiger partial charge is 0.321 e. The zero-order chi connectivity index (χ0) is 16.7. The maximum Gasteiger partial charge on any atom is 0.321 e. The van der Waals surface area contributed by atoms with Crippen molar-refractivity contribution in [2.45, 2.75) is 25.4 Å². The summed E-state index contributed by atoms with van der Waals surface area (Å²) in [5.41, 5.74) is 1.10. The number of likely N-dealkylation sites (N-methyl/N-ethyl adjacent to an activating group) is 1. The summed E-state index contributed by atoms with van der Waals surface area (Å²) in [7, 11) is 1.92. The second kappa shape index (κ2) is 8.33. The number of carbonyl (C=O) groups is 2. The standard InChI is InChI=1S/C17H23N3O3/c1-3-10-23-15-8-4-13(5-9-15)11-20(2)12-16(21)19-17(22)18-14-6-7-14/h3-5,8-9,14H,1,6-7,10-12H2,2H3,(H2,18,19,21,22)/p+1. The maximum atomic E-state index is 11.8. The molecule has 23 heavy (non-hydrogen) atoms. The van der Waals surface area contributed by atoms with Crippen LogP contribution < -0.4 is 20.3 Å². The maximum absolute atomic E-state index is 11.8. The molecule has 0 aliphatic heterocycles. The Balaban J connectivity index is 1.72. The number of benzene rings is 1. The monoisotopic (exact) mass is 318 g/mol. The minimum absolute atomic E-state index is 0.243. The van der Waals surface area contributed by atoms with Crippen molar-refractivity contribution < 1.29 is 19.2 Å². The molecule has 124 valence electrons. The van der Waals surface area contributed by atoms with Gasteiger partial charge >= 0.3 is 6.03 Å². The lowest BCUT2D eigenvalue weighted by molar-refractivity contribution is -0.885. The van der Waals surface area contributed by atoms with Gasteiger partial charge in [0, 0.05) is 11.6 Å². The number of quaternary nitrogens is 1. The molecule has 0 aromatic heterocycles. The molecule has 0 saturated heterocycles. The van der Waals surface area contributed by atoms with Crippen molar-refractivity contribution >= 4 is 11.9 Å².